The lowest BCUT2D eigenvalue weighted by Gasteiger charge is -1.95. The summed E-state index contributed by atoms with van der Waals surface area (Å²) in [5, 5.41) is 0. The first-order chi connectivity index (χ1) is 5.04. The molecule has 0 N–H and O–H groups in total. The molecule has 2 heteroatoms. The Balaban J connectivity index is 3.88. The third-order valence-electron chi connectivity index (χ3n) is 0.985. The Morgan fingerprint density at radius 3 is 2.78 bits per heavy atom. The zero-order chi connectivity index (χ0) is 8.91. The molecule has 0 aliphatic carbocycles. The van der Waals surface area contributed by atoms with Gasteiger partial charge in [0, 0.05) is 9.11 Å². The number of rotatable bonds is 4. The largest absolute Gasteiger partial charge is 0.469 e. The Hall–Kier alpha value is -0.530. The van der Waals surface area contributed by atoms with Crippen molar-refractivity contribution >= 4 is 5.97 Å². The standard InChI is InChI=1S/C7H14O2/c1-3-4-5-6-7(8)9-2/h3-6H2,1-2H3/i6D2. The summed E-state index contributed by atoms with van der Waals surface area (Å²) in [6, 6.07) is 0. The minimum Gasteiger partial charge on any atom is -0.469 e. The molecule has 0 aliphatic heterocycles. The summed E-state index contributed by atoms with van der Waals surface area (Å²) in [6.07, 6.45) is 0.0412. The van der Waals surface area contributed by atoms with Crippen LogP contribution >= 0.6 is 0 Å². The lowest BCUT2D eigenvalue weighted by atomic mass is 10.2. The van der Waals surface area contributed by atoms with Crippen molar-refractivity contribution in [3.05, 3.63) is 0 Å². The van der Waals surface area contributed by atoms with Crippen LogP contribution in [-0.2, 0) is 9.53 Å². The number of ether oxygens (including phenoxy) is 1. The molecule has 0 aromatic carbocycles. The summed E-state index contributed by atoms with van der Waals surface area (Å²) >= 11 is 0. The first-order valence-corrected chi connectivity index (χ1v) is 3.13. The predicted molar refractivity (Wildman–Crippen MR) is 36.2 cm³/mol. The number of hydrogen-bond acceptors (Lipinski definition) is 2. The third kappa shape index (κ3) is 5.34. The molecular weight excluding hydrogens is 116 g/mol. The van der Waals surface area contributed by atoms with Gasteiger partial charge in [0.15, 0.2) is 0 Å². The Morgan fingerprint density at radius 1 is 1.67 bits per heavy atom. The second-order valence-corrected chi connectivity index (χ2v) is 1.77. The molecule has 0 atom stereocenters. The number of carbonyl (C=O) groups excluding carboxylic acids is 1. The van der Waals surface area contributed by atoms with E-state index in [4.69, 9.17) is 2.74 Å². The minimum atomic E-state index is -1.80. The molecule has 2 nitrogen and oxygen atoms in total. The Kier molecular flexibility index (Phi) is 3.28. The van der Waals surface area contributed by atoms with E-state index in [1.165, 1.54) is 7.11 Å². The molecule has 0 unspecified atom stereocenters. The van der Waals surface area contributed by atoms with Crippen LogP contribution in [0.3, 0.4) is 0 Å². The average Bonchev–Trinajstić information content (AvgIpc) is 1.99. The quantitative estimate of drug-likeness (QED) is 0.544. The highest BCUT2D eigenvalue weighted by Gasteiger charge is 1.96. The van der Waals surface area contributed by atoms with Gasteiger partial charge in [-0.1, -0.05) is 19.8 Å². The SMILES string of the molecule is [2H]C([2H])(CCCC)C(=O)OC. The topological polar surface area (TPSA) is 26.3 Å². The smallest absolute Gasteiger partial charge is 0.305 e. The highest BCUT2D eigenvalue weighted by molar-refractivity contribution is 5.68. The zero-order valence-corrected chi connectivity index (χ0v) is 5.94. The van der Waals surface area contributed by atoms with Crippen LogP contribution < -0.4 is 0 Å². The van der Waals surface area contributed by atoms with E-state index >= 15 is 0 Å². The highest BCUT2D eigenvalue weighted by atomic mass is 16.5. The Morgan fingerprint density at radius 2 is 2.33 bits per heavy atom. The molecule has 0 aromatic heterocycles. The van der Waals surface area contributed by atoms with Crippen molar-refractivity contribution in [1.82, 2.24) is 0 Å². The van der Waals surface area contributed by atoms with E-state index in [1.807, 2.05) is 6.92 Å². The molecule has 0 bridgehead atoms. The molecule has 0 fully saturated rings. The first-order valence-electron chi connectivity index (χ1n) is 4.13. The lowest BCUT2D eigenvalue weighted by molar-refractivity contribution is -0.140. The second kappa shape index (κ2) is 5.60. The maximum Gasteiger partial charge on any atom is 0.305 e. The molecule has 0 amide bonds. The fraction of sp³-hybridized carbons (Fsp3) is 0.857. The highest BCUT2D eigenvalue weighted by Crippen LogP contribution is 1.98. The normalized spacial score (nSPS) is 14.0. The maximum atomic E-state index is 10.7. The maximum absolute atomic E-state index is 10.7. The summed E-state index contributed by atoms with van der Waals surface area (Å²) in [6.45, 7) is 1.95. The van der Waals surface area contributed by atoms with E-state index in [0.717, 1.165) is 6.42 Å². The zero-order valence-electron chi connectivity index (χ0n) is 7.94. The molecule has 0 rings (SSSR count). The fourth-order valence-electron chi connectivity index (χ4n) is 0.439. The summed E-state index contributed by atoms with van der Waals surface area (Å²) in [4.78, 5) is 10.7. The molecule has 0 radical (unpaired) electrons. The van der Waals surface area contributed by atoms with Crippen LogP contribution in [0.1, 0.15) is 35.3 Å². The van der Waals surface area contributed by atoms with Crippen LogP contribution in [0.25, 0.3) is 0 Å². The molecule has 54 valence electrons. The van der Waals surface area contributed by atoms with E-state index in [9.17, 15) is 4.79 Å². The van der Waals surface area contributed by atoms with Gasteiger partial charge < -0.3 is 4.74 Å². The Bertz CT molecular complexity index is 134. The van der Waals surface area contributed by atoms with Gasteiger partial charge in [-0.3, -0.25) is 4.79 Å². The number of hydrogen-bond donors (Lipinski definition) is 0. The van der Waals surface area contributed by atoms with Gasteiger partial charge in [0.1, 0.15) is 0 Å². The number of unbranched alkanes of at least 4 members (excludes halogenated alkanes) is 1. The van der Waals surface area contributed by atoms with Gasteiger partial charge in [0.25, 0.3) is 0 Å². The summed E-state index contributed by atoms with van der Waals surface area (Å²) in [5.74, 6) is -0.772. The summed E-state index contributed by atoms with van der Waals surface area (Å²) in [5.41, 5.74) is 0. The van der Waals surface area contributed by atoms with Crippen LogP contribution in [-0.4, -0.2) is 13.1 Å². The second-order valence-electron chi connectivity index (χ2n) is 1.77. The monoisotopic (exact) mass is 132 g/mol. The van der Waals surface area contributed by atoms with Gasteiger partial charge >= 0.3 is 5.97 Å². The molecule has 0 spiro atoms. The van der Waals surface area contributed by atoms with E-state index in [2.05, 4.69) is 4.74 Å². The number of methoxy groups -OCH3 is 1. The molecule has 0 aromatic rings. The third-order valence-corrected chi connectivity index (χ3v) is 0.985. The van der Waals surface area contributed by atoms with E-state index in [-0.39, 0.29) is 6.42 Å². The minimum absolute atomic E-state index is 0.246. The molecule has 0 aliphatic rings. The molecule has 9 heavy (non-hydrogen) atoms. The van der Waals surface area contributed by atoms with Gasteiger partial charge in [-0.05, 0) is 6.42 Å². The Labute approximate surface area is 59.0 Å². The van der Waals surface area contributed by atoms with Crippen LogP contribution in [0.15, 0.2) is 0 Å². The van der Waals surface area contributed by atoms with Crippen molar-refractivity contribution < 1.29 is 12.3 Å². The van der Waals surface area contributed by atoms with E-state index in [1.54, 1.807) is 0 Å². The molecular formula is C7H14O2. The molecule has 0 heterocycles. The van der Waals surface area contributed by atoms with Crippen molar-refractivity contribution in [2.75, 3.05) is 7.11 Å². The van der Waals surface area contributed by atoms with Crippen molar-refractivity contribution in [1.29, 1.82) is 0 Å². The first kappa shape index (κ1) is 5.27. The summed E-state index contributed by atoms with van der Waals surface area (Å²) in [7, 11) is 1.20. The van der Waals surface area contributed by atoms with Crippen LogP contribution in [0.2, 0.25) is 0 Å². The van der Waals surface area contributed by atoms with Gasteiger partial charge in [-0.15, -0.1) is 0 Å². The van der Waals surface area contributed by atoms with Gasteiger partial charge in [-0.25, -0.2) is 0 Å². The van der Waals surface area contributed by atoms with Crippen LogP contribution in [0.5, 0.6) is 0 Å². The lowest BCUT2D eigenvalue weighted by Crippen LogP contribution is -1.98. The number of carbonyl (C=O) groups is 1. The van der Waals surface area contributed by atoms with E-state index < -0.39 is 12.3 Å². The number of esters is 1. The predicted octanol–water partition coefficient (Wildman–Crippen LogP) is 1.74. The van der Waals surface area contributed by atoms with Crippen LogP contribution in [0, 0.1) is 0 Å². The van der Waals surface area contributed by atoms with Crippen molar-refractivity contribution in [3.63, 3.8) is 0 Å². The van der Waals surface area contributed by atoms with Crippen LogP contribution in [0.4, 0.5) is 0 Å². The molecule has 0 saturated carbocycles. The van der Waals surface area contributed by atoms with Crippen molar-refractivity contribution in [2.45, 2.75) is 32.6 Å². The summed E-state index contributed by atoms with van der Waals surface area (Å²) < 4.78 is 18.8. The molecule has 0 saturated heterocycles. The van der Waals surface area contributed by atoms with Crippen molar-refractivity contribution in [3.8, 4) is 0 Å². The fourth-order valence-corrected chi connectivity index (χ4v) is 0.439. The van der Waals surface area contributed by atoms with E-state index in [0.29, 0.717) is 6.42 Å². The average molecular weight is 132 g/mol. The van der Waals surface area contributed by atoms with Gasteiger partial charge in [-0.2, -0.15) is 0 Å². The van der Waals surface area contributed by atoms with Crippen molar-refractivity contribution in [2.24, 2.45) is 0 Å². The van der Waals surface area contributed by atoms with Gasteiger partial charge in [0.05, 0.1) is 7.11 Å². The van der Waals surface area contributed by atoms with Gasteiger partial charge in [0.2, 0.25) is 0 Å².